The molecule has 1 heterocycles. The molecule has 0 saturated carbocycles. The minimum absolute atomic E-state index is 0.0380. The average molecular weight is 490 g/mol. The van der Waals surface area contributed by atoms with Crippen molar-refractivity contribution in [3.8, 4) is 17.4 Å². The van der Waals surface area contributed by atoms with Crippen molar-refractivity contribution in [1.82, 2.24) is 9.69 Å². The second-order valence-corrected chi connectivity index (χ2v) is 7.67. The monoisotopic (exact) mass is 489 g/mol. The fraction of sp³-hybridized carbons (Fsp3) is 0.261. The van der Waals surface area contributed by atoms with Crippen LogP contribution in [0.3, 0.4) is 0 Å². The van der Waals surface area contributed by atoms with Crippen LogP contribution in [0.5, 0.6) is 17.4 Å². The minimum atomic E-state index is -0.646. The number of halogens is 1. The molecule has 0 atom stereocenters. The largest absolute Gasteiger partial charge is 0.497 e. The summed E-state index contributed by atoms with van der Waals surface area (Å²) in [7, 11) is 5.80. The molecule has 34 heavy (non-hydrogen) atoms. The zero-order chi connectivity index (χ0) is 24.7. The first-order chi connectivity index (χ1) is 16.4. The normalized spacial score (nSPS) is 10.4. The van der Waals surface area contributed by atoms with Crippen molar-refractivity contribution >= 4 is 28.4 Å². The molecule has 0 fully saturated rings. The number of nitrogens with zero attached hydrogens (tertiary/aromatic N) is 1. The van der Waals surface area contributed by atoms with Gasteiger partial charge in [0.2, 0.25) is 5.88 Å². The van der Waals surface area contributed by atoms with E-state index in [0.29, 0.717) is 28.6 Å². The zero-order valence-corrected chi connectivity index (χ0v) is 19.9. The number of ether oxygens (including phenoxy) is 4. The molecule has 9 nitrogen and oxygen atoms in total. The Morgan fingerprint density at radius 2 is 1.88 bits per heavy atom. The van der Waals surface area contributed by atoms with Crippen LogP contribution >= 0.6 is 11.5 Å². The van der Waals surface area contributed by atoms with Crippen LogP contribution in [0.25, 0.3) is 0 Å². The zero-order valence-electron chi connectivity index (χ0n) is 19.1. The quantitative estimate of drug-likeness (QED) is 0.416. The van der Waals surface area contributed by atoms with E-state index in [-0.39, 0.29) is 23.6 Å². The van der Waals surface area contributed by atoms with Gasteiger partial charge in [-0.15, -0.1) is 0 Å². The third kappa shape index (κ3) is 5.54. The lowest BCUT2D eigenvalue weighted by Gasteiger charge is -2.12. The lowest BCUT2D eigenvalue weighted by atomic mass is 10.1. The summed E-state index contributed by atoms with van der Waals surface area (Å²) in [5.74, 6) is -0.485. The van der Waals surface area contributed by atoms with Gasteiger partial charge in [0.1, 0.15) is 28.9 Å². The molecule has 0 aliphatic heterocycles. The summed E-state index contributed by atoms with van der Waals surface area (Å²) < 4.78 is 39.4. The summed E-state index contributed by atoms with van der Waals surface area (Å²) in [6.07, 6.45) is 0. The highest BCUT2D eigenvalue weighted by Crippen LogP contribution is 2.33. The molecule has 0 aliphatic carbocycles. The second-order valence-electron chi connectivity index (χ2n) is 6.90. The van der Waals surface area contributed by atoms with Crippen molar-refractivity contribution in [2.24, 2.45) is 0 Å². The van der Waals surface area contributed by atoms with E-state index in [4.69, 9.17) is 18.9 Å². The van der Waals surface area contributed by atoms with Gasteiger partial charge < -0.3 is 29.6 Å². The van der Waals surface area contributed by atoms with Crippen molar-refractivity contribution in [3.05, 3.63) is 64.5 Å². The highest BCUT2D eigenvalue weighted by atomic mass is 32.1. The third-order valence-corrected chi connectivity index (χ3v) is 5.65. The predicted molar refractivity (Wildman–Crippen MR) is 124 cm³/mol. The van der Waals surface area contributed by atoms with Crippen molar-refractivity contribution in [2.75, 3.05) is 33.7 Å². The Kier molecular flexibility index (Phi) is 8.25. The van der Waals surface area contributed by atoms with Crippen molar-refractivity contribution in [2.45, 2.75) is 13.2 Å². The van der Waals surface area contributed by atoms with Crippen LogP contribution in [0, 0.1) is 5.82 Å². The number of amides is 1. The molecule has 0 spiro atoms. The van der Waals surface area contributed by atoms with Crippen LogP contribution in [0.15, 0.2) is 36.4 Å². The van der Waals surface area contributed by atoms with E-state index >= 15 is 0 Å². The molecule has 0 aliphatic rings. The smallest absolute Gasteiger partial charge is 0.346 e. The Hall–Kier alpha value is -3.86. The molecular weight excluding hydrogens is 465 g/mol. The van der Waals surface area contributed by atoms with Gasteiger partial charge >= 0.3 is 5.97 Å². The van der Waals surface area contributed by atoms with Crippen LogP contribution < -0.4 is 24.8 Å². The molecule has 180 valence electrons. The van der Waals surface area contributed by atoms with E-state index < -0.39 is 17.7 Å². The maximum Gasteiger partial charge on any atom is 0.346 e. The molecule has 0 radical (unpaired) electrons. The fourth-order valence-electron chi connectivity index (χ4n) is 3.07. The highest BCUT2D eigenvalue weighted by Gasteiger charge is 2.24. The molecule has 3 rings (SSSR count). The number of rotatable bonds is 10. The van der Waals surface area contributed by atoms with Gasteiger partial charge in [0, 0.05) is 25.2 Å². The molecule has 0 unspecified atom stereocenters. The summed E-state index contributed by atoms with van der Waals surface area (Å²) in [4.78, 5) is 24.3. The van der Waals surface area contributed by atoms with E-state index in [0.717, 1.165) is 17.1 Å². The number of methoxy groups -OCH3 is 3. The van der Waals surface area contributed by atoms with Crippen molar-refractivity contribution < 1.29 is 32.9 Å². The third-order valence-electron chi connectivity index (χ3n) is 4.86. The van der Waals surface area contributed by atoms with E-state index in [1.54, 1.807) is 26.4 Å². The SMILES string of the molecule is CNC(=O)c1cc(COc2nsc(NCc3ccc(OC)cc3OC)c2C(=O)OC)ccc1F. The van der Waals surface area contributed by atoms with Gasteiger partial charge in [-0.3, -0.25) is 4.79 Å². The number of carbonyl (C=O) groups is 2. The summed E-state index contributed by atoms with van der Waals surface area (Å²) in [6, 6.07) is 9.46. The number of hydrogen-bond donors (Lipinski definition) is 2. The van der Waals surface area contributed by atoms with Crippen LogP contribution in [0.4, 0.5) is 9.39 Å². The number of nitrogens with one attached hydrogen (secondary N) is 2. The summed E-state index contributed by atoms with van der Waals surface area (Å²) >= 11 is 1.03. The van der Waals surface area contributed by atoms with Crippen molar-refractivity contribution in [1.29, 1.82) is 0 Å². The Labute approximate surface area is 200 Å². The number of carbonyl (C=O) groups excluding carboxylic acids is 2. The number of anilines is 1. The molecule has 11 heteroatoms. The lowest BCUT2D eigenvalue weighted by molar-refractivity contribution is 0.0596. The fourth-order valence-corrected chi connectivity index (χ4v) is 3.79. The van der Waals surface area contributed by atoms with Gasteiger partial charge in [0.05, 0.1) is 26.9 Å². The van der Waals surface area contributed by atoms with Crippen LogP contribution in [0.1, 0.15) is 31.8 Å². The molecule has 1 amide bonds. The van der Waals surface area contributed by atoms with E-state index in [1.807, 2.05) is 6.07 Å². The Balaban J connectivity index is 1.79. The first kappa shape index (κ1) is 24.8. The Morgan fingerprint density at radius 1 is 1.09 bits per heavy atom. The van der Waals surface area contributed by atoms with Gasteiger partial charge in [-0.1, -0.05) is 6.07 Å². The summed E-state index contributed by atoms with van der Waals surface area (Å²) in [5, 5.41) is 6.00. The molecule has 1 aromatic heterocycles. The van der Waals surface area contributed by atoms with E-state index in [1.165, 1.54) is 32.4 Å². The average Bonchev–Trinajstić information content (AvgIpc) is 3.28. The van der Waals surface area contributed by atoms with Crippen molar-refractivity contribution in [3.63, 3.8) is 0 Å². The molecule has 2 aromatic carbocycles. The standard InChI is InChI=1S/C23H24FN3O6S/c1-25-20(28)16-9-13(5-8-17(16)24)12-33-21-19(23(29)32-4)22(34-27-21)26-11-14-6-7-15(30-2)10-18(14)31-3/h5-10,26H,11-12H2,1-4H3,(H,25,28). The second kappa shape index (κ2) is 11.3. The Morgan fingerprint density at radius 3 is 2.56 bits per heavy atom. The van der Waals surface area contributed by atoms with Gasteiger partial charge in [-0.2, -0.15) is 4.37 Å². The van der Waals surface area contributed by atoms with Gasteiger partial charge in [0.25, 0.3) is 5.91 Å². The molecular formula is C23H24FN3O6S. The van der Waals surface area contributed by atoms with E-state index in [2.05, 4.69) is 15.0 Å². The van der Waals surface area contributed by atoms with Crippen LogP contribution in [-0.4, -0.2) is 44.6 Å². The van der Waals surface area contributed by atoms with E-state index in [9.17, 15) is 14.0 Å². The van der Waals surface area contributed by atoms with Crippen LogP contribution in [-0.2, 0) is 17.9 Å². The number of hydrogen-bond acceptors (Lipinski definition) is 9. The first-order valence-corrected chi connectivity index (χ1v) is 10.8. The Bertz CT molecular complexity index is 1180. The number of benzene rings is 2. The highest BCUT2D eigenvalue weighted by molar-refractivity contribution is 7.10. The van der Waals surface area contributed by atoms with Gasteiger partial charge in [0.15, 0.2) is 5.56 Å². The molecule has 2 N–H and O–H groups in total. The summed E-state index contributed by atoms with van der Waals surface area (Å²) in [5.41, 5.74) is 1.39. The molecule has 3 aromatic rings. The topological polar surface area (TPSA) is 108 Å². The minimum Gasteiger partial charge on any atom is -0.497 e. The molecule has 0 bridgehead atoms. The summed E-state index contributed by atoms with van der Waals surface area (Å²) in [6.45, 7) is 0.302. The maximum absolute atomic E-state index is 13.9. The predicted octanol–water partition coefficient (Wildman–Crippen LogP) is 3.64. The van der Waals surface area contributed by atoms with Gasteiger partial charge in [-0.25, -0.2) is 9.18 Å². The lowest BCUT2D eigenvalue weighted by Crippen LogP contribution is -2.19. The molecule has 0 saturated heterocycles. The number of aromatic nitrogens is 1. The first-order valence-electron chi connectivity index (χ1n) is 10.1. The number of esters is 1. The van der Waals surface area contributed by atoms with Gasteiger partial charge in [-0.05, 0) is 41.4 Å². The maximum atomic E-state index is 13.9. The van der Waals surface area contributed by atoms with Crippen LogP contribution in [0.2, 0.25) is 0 Å².